The third-order valence-corrected chi connectivity index (χ3v) is 2.11. The molecule has 0 unspecified atom stereocenters. The summed E-state index contributed by atoms with van der Waals surface area (Å²) in [6.07, 6.45) is 2.87. The first-order valence-corrected chi connectivity index (χ1v) is 3.96. The van der Waals surface area contributed by atoms with Gasteiger partial charge >= 0.3 is 0 Å². The Morgan fingerprint density at radius 1 is 1.36 bits per heavy atom. The molecule has 0 radical (unpaired) electrons. The van der Waals surface area contributed by atoms with Crippen molar-refractivity contribution in [3.8, 4) is 0 Å². The van der Waals surface area contributed by atoms with E-state index in [2.05, 4.69) is 37.6 Å². The second-order valence-corrected chi connectivity index (χ2v) is 3.14. The fraction of sp³-hybridized carbons (Fsp3) is 0. The second-order valence-electron chi connectivity index (χ2n) is 1.98. The van der Waals surface area contributed by atoms with Crippen LogP contribution in [0.4, 0.5) is 0 Å². The van der Waals surface area contributed by atoms with Gasteiger partial charge in [0, 0.05) is 6.21 Å². The summed E-state index contributed by atoms with van der Waals surface area (Å²) in [7, 11) is 0. The molecule has 2 aliphatic rings. The summed E-state index contributed by atoms with van der Waals surface area (Å²) in [5.41, 5.74) is 1.00. The molecule has 11 heavy (non-hydrogen) atoms. The van der Waals surface area contributed by atoms with Crippen LogP contribution in [0.3, 0.4) is 0 Å². The van der Waals surface area contributed by atoms with Gasteiger partial charge in [0.25, 0.3) is 5.91 Å². The zero-order valence-electron chi connectivity index (χ0n) is 5.28. The summed E-state index contributed by atoms with van der Waals surface area (Å²) >= 11 is 2.07. The number of dihydropyridines is 1. The summed E-state index contributed by atoms with van der Waals surface area (Å²) in [5.74, 6) is -0.307. The van der Waals surface area contributed by atoms with Crippen molar-refractivity contribution in [3.63, 3.8) is 0 Å². The topological polar surface area (TPSA) is 54.1 Å². The van der Waals surface area contributed by atoms with Gasteiger partial charge in [-0.3, -0.25) is 4.79 Å². The van der Waals surface area contributed by atoms with Crippen molar-refractivity contribution < 1.29 is 4.79 Å². The molecule has 0 atom stereocenters. The molecular formula is C6H2IN3O. The van der Waals surface area contributed by atoms with Crippen LogP contribution in [0.5, 0.6) is 0 Å². The average Bonchev–Trinajstić information content (AvgIpc) is 2.45. The number of aliphatic imine (C=N–C) groups is 3. The Kier molecular flexibility index (Phi) is 1.45. The maximum absolute atomic E-state index is 11.0. The number of fused-ring (bicyclic) bond motifs is 1. The number of hydrogen-bond acceptors (Lipinski definition) is 3. The van der Waals surface area contributed by atoms with Gasteiger partial charge in [-0.25, -0.2) is 15.0 Å². The molecule has 0 fully saturated rings. The van der Waals surface area contributed by atoms with Crippen LogP contribution in [0, 0.1) is 0 Å². The van der Waals surface area contributed by atoms with E-state index < -0.39 is 0 Å². The third-order valence-electron chi connectivity index (χ3n) is 1.32. The zero-order chi connectivity index (χ0) is 7.84. The van der Waals surface area contributed by atoms with E-state index in [0.29, 0.717) is 11.4 Å². The Balaban J connectivity index is 2.60. The van der Waals surface area contributed by atoms with E-state index in [-0.39, 0.29) is 5.91 Å². The highest BCUT2D eigenvalue weighted by molar-refractivity contribution is 14.1. The van der Waals surface area contributed by atoms with Crippen molar-refractivity contribution in [2.24, 2.45) is 15.0 Å². The van der Waals surface area contributed by atoms with Crippen LogP contribution in [0.15, 0.2) is 24.3 Å². The molecule has 0 saturated heterocycles. The van der Waals surface area contributed by atoms with Gasteiger partial charge in [0.05, 0.1) is 3.58 Å². The summed E-state index contributed by atoms with van der Waals surface area (Å²) in [6, 6.07) is 0. The molecule has 0 aromatic heterocycles. The van der Waals surface area contributed by atoms with Crippen LogP contribution in [-0.2, 0) is 4.79 Å². The molecule has 0 N–H and O–H groups in total. The van der Waals surface area contributed by atoms with Crippen LogP contribution in [0.25, 0.3) is 0 Å². The standard InChI is InChI=1S/C6H2IN3O/c7-3-1-8-6(11)5-4(3)9-2-10-5/h1-2H. The molecule has 54 valence electrons. The number of carbonyl (C=O) groups excluding carboxylic acids is 1. The van der Waals surface area contributed by atoms with E-state index in [4.69, 9.17) is 0 Å². The van der Waals surface area contributed by atoms with Gasteiger partial charge in [-0.2, -0.15) is 0 Å². The minimum Gasteiger partial charge on any atom is -0.265 e. The molecule has 2 rings (SSSR count). The Bertz CT molecular complexity index is 351. The molecule has 0 spiro atoms. The molecular weight excluding hydrogens is 257 g/mol. The van der Waals surface area contributed by atoms with Crippen LogP contribution in [0.2, 0.25) is 0 Å². The van der Waals surface area contributed by atoms with Crippen LogP contribution in [-0.4, -0.2) is 24.2 Å². The molecule has 0 aromatic carbocycles. The second kappa shape index (κ2) is 2.33. The molecule has 0 aromatic rings. The van der Waals surface area contributed by atoms with E-state index in [9.17, 15) is 4.79 Å². The molecule has 0 saturated carbocycles. The fourth-order valence-electron chi connectivity index (χ4n) is 0.835. The monoisotopic (exact) mass is 259 g/mol. The number of nitrogens with zero attached hydrogens (tertiary/aromatic N) is 3. The summed E-state index contributed by atoms with van der Waals surface area (Å²) in [5, 5.41) is 0. The first-order chi connectivity index (χ1) is 5.29. The van der Waals surface area contributed by atoms with Crippen molar-refractivity contribution in [2.75, 3.05) is 0 Å². The van der Waals surface area contributed by atoms with Crippen molar-refractivity contribution in [1.82, 2.24) is 0 Å². The van der Waals surface area contributed by atoms with Gasteiger partial charge in [-0.05, 0) is 22.6 Å². The van der Waals surface area contributed by atoms with E-state index in [1.165, 1.54) is 12.6 Å². The lowest BCUT2D eigenvalue weighted by Gasteiger charge is -2.02. The van der Waals surface area contributed by atoms with Gasteiger partial charge in [0.1, 0.15) is 12.0 Å². The Hall–Kier alpha value is -0.850. The first kappa shape index (κ1) is 6.84. The number of amides is 1. The average molecular weight is 259 g/mol. The van der Waals surface area contributed by atoms with Crippen molar-refractivity contribution >= 4 is 46.8 Å². The maximum atomic E-state index is 11.0. The normalized spacial score (nSPS) is 20.8. The van der Waals surface area contributed by atoms with E-state index >= 15 is 0 Å². The van der Waals surface area contributed by atoms with Gasteiger partial charge in [-0.15, -0.1) is 0 Å². The highest BCUT2D eigenvalue weighted by atomic mass is 127. The third kappa shape index (κ3) is 0.953. The number of halogens is 1. The molecule has 5 heteroatoms. The lowest BCUT2D eigenvalue weighted by molar-refractivity contribution is -0.111. The first-order valence-electron chi connectivity index (χ1n) is 2.88. The van der Waals surface area contributed by atoms with Crippen LogP contribution >= 0.6 is 22.6 Å². The van der Waals surface area contributed by atoms with Gasteiger partial charge < -0.3 is 0 Å². The maximum Gasteiger partial charge on any atom is 0.297 e. The fourth-order valence-corrected chi connectivity index (χ4v) is 1.37. The quantitative estimate of drug-likeness (QED) is 0.591. The molecule has 2 heterocycles. The Labute approximate surface area is 76.0 Å². The SMILES string of the molecule is O=C1N=CC(I)=C2N=CN=C12. The van der Waals surface area contributed by atoms with Gasteiger partial charge in [0.2, 0.25) is 0 Å². The molecule has 2 aliphatic heterocycles. The summed E-state index contributed by atoms with van der Waals surface area (Å²) in [6.45, 7) is 0. The molecule has 0 bridgehead atoms. The van der Waals surface area contributed by atoms with Crippen molar-refractivity contribution in [1.29, 1.82) is 0 Å². The Morgan fingerprint density at radius 3 is 2.91 bits per heavy atom. The van der Waals surface area contributed by atoms with Crippen LogP contribution < -0.4 is 0 Å². The molecule has 1 amide bonds. The lowest BCUT2D eigenvalue weighted by atomic mass is 10.2. The summed E-state index contributed by atoms with van der Waals surface area (Å²) < 4.78 is 0.856. The lowest BCUT2D eigenvalue weighted by Crippen LogP contribution is -2.16. The van der Waals surface area contributed by atoms with Crippen molar-refractivity contribution in [2.45, 2.75) is 0 Å². The summed E-state index contributed by atoms with van der Waals surface area (Å²) in [4.78, 5) is 22.3. The van der Waals surface area contributed by atoms with Gasteiger partial charge in [-0.1, -0.05) is 0 Å². The highest BCUT2D eigenvalue weighted by Crippen LogP contribution is 2.20. The zero-order valence-corrected chi connectivity index (χ0v) is 7.44. The molecule has 4 nitrogen and oxygen atoms in total. The van der Waals surface area contributed by atoms with E-state index in [1.807, 2.05) is 0 Å². The van der Waals surface area contributed by atoms with E-state index in [1.54, 1.807) is 0 Å². The minimum absolute atomic E-state index is 0.307. The minimum atomic E-state index is -0.307. The molecule has 0 aliphatic carbocycles. The largest absolute Gasteiger partial charge is 0.297 e. The van der Waals surface area contributed by atoms with Crippen LogP contribution in [0.1, 0.15) is 0 Å². The van der Waals surface area contributed by atoms with Gasteiger partial charge in [0.15, 0.2) is 5.71 Å². The predicted molar refractivity (Wildman–Crippen MR) is 50.5 cm³/mol. The number of carbonyl (C=O) groups is 1. The van der Waals surface area contributed by atoms with E-state index in [0.717, 1.165) is 3.58 Å². The van der Waals surface area contributed by atoms with Crippen molar-refractivity contribution in [3.05, 3.63) is 9.28 Å². The smallest absolute Gasteiger partial charge is 0.265 e. The number of rotatable bonds is 0. The highest BCUT2D eigenvalue weighted by Gasteiger charge is 2.23. The number of allylic oxidation sites excluding steroid dienone is 1. The number of hydrogen-bond donors (Lipinski definition) is 0. The predicted octanol–water partition coefficient (Wildman–Crippen LogP) is 0.727. The Morgan fingerprint density at radius 2 is 2.18 bits per heavy atom.